The van der Waals surface area contributed by atoms with Gasteiger partial charge in [0.25, 0.3) is 0 Å². The molecule has 0 bridgehead atoms. The number of carbonyl (C=O) groups is 1. The van der Waals surface area contributed by atoms with Crippen molar-refractivity contribution in [1.29, 1.82) is 0 Å². The van der Waals surface area contributed by atoms with E-state index in [4.69, 9.17) is 16.3 Å². The molecule has 0 aliphatic carbocycles. The largest absolute Gasteiger partial charge is 0.368 e. The first-order chi connectivity index (χ1) is 10.3. The third-order valence-corrected chi connectivity index (χ3v) is 3.75. The van der Waals surface area contributed by atoms with E-state index in [-0.39, 0.29) is 11.9 Å². The van der Waals surface area contributed by atoms with Crippen molar-refractivity contribution in [1.82, 2.24) is 10.2 Å². The lowest BCUT2D eigenvalue weighted by Crippen LogP contribution is -2.40. The molecule has 1 aromatic carbocycles. The molecule has 1 aromatic rings. The van der Waals surface area contributed by atoms with E-state index in [1.54, 1.807) is 6.92 Å². The van der Waals surface area contributed by atoms with Crippen LogP contribution in [0.25, 0.3) is 0 Å². The van der Waals surface area contributed by atoms with Gasteiger partial charge in [0.1, 0.15) is 6.10 Å². The number of benzene rings is 1. The van der Waals surface area contributed by atoms with Crippen LogP contribution in [-0.2, 0) is 9.53 Å². The fourth-order valence-electron chi connectivity index (χ4n) is 2.07. The molecule has 0 spiro atoms. The standard InChI is InChI=1S/C17H27ClN2O2/c1-12(2)11-22-13(3)17(21)19-10-16(20(4)5)14-8-6-7-9-15(14)18/h6-9,12-13,16H,10-11H2,1-5H3,(H,19,21)/t13-,16+/m1/s1. The van der Waals surface area contributed by atoms with Crippen LogP contribution < -0.4 is 5.32 Å². The SMILES string of the molecule is CC(C)CO[C@H](C)C(=O)NC[C@@H](c1ccccc1Cl)N(C)C. The van der Waals surface area contributed by atoms with E-state index in [0.29, 0.717) is 24.1 Å². The van der Waals surface area contributed by atoms with E-state index in [9.17, 15) is 4.79 Å². The number of amides is 1. The van der Waals surface area contributed by atoms with Crippen molar-refractivity contribution in [2.75, 3.05) is 27.2 Å². The zero-order chi connectivity index (χ0) is 16.7. The summed E-state index contributed by atoms with van der Waals surface area (Å²) in [6.07, 6.45) is -0.448. The molecule has 0 heterocycles. The third kappa shape index (κ3) is 5.95. The summed E-state index contributed by atoms with van der Waals surface area (Å²) in [5.41, 5.74) is 1.00. The molecule has 1 N–H and O–H groups in total. The van der Waals surface area contributed by atoms with E-state index in [1.807, 2.05) is 43.3 Å². The minimum atomic E-state index is -0.448. The van der Waals surface area contributed by atoms with Crippen molar-refractivity contribution in [3.8, 4) is 0 Å². The van der Waals surface area contributed by atoms with Gasteiger partial charge in [0, 0.05) is 18.2 Å². The molecule has 0 saturated heterocycles. The molecule has 0 fully saturated rings. The Labute approximate surface area is 138 Å². The van der Waals surface area contributed by atoms with Crippen LogP contribution in [0.3, 0.4) is 0 Å². The normalized spacial score (nSPS) is 14.2. The molecule has 0 saturated carbocycles. The quantitative estimate of drug-likeness (QED) is 0.798. The highest BCUT2D eigenvalue weighted by Crippen LogP contribution is 2.25. The van der Waals surface area contributed by atoms with Crippen molar-refractivity contribution >= 4 is 17.5 Å². The Morgan fingerprint density at radius 1 is 1.27 bits per heavy atom. The maximum absolute atomic E-state index is 12.1. The summed E-state index contributed by atoms with van der Waals surface area (Å²) in [6.45, 7) is 6.97. The molecule has 1 rings (SSSR count). The number of hydrogen-bond donors (Lipinski definition) is 1. The van der Waals surface area contributed by atoms with Crippen molar-refractivity contribution in [3.05, 3.63) is 34.9 Å². The van der Waals surface area contributed by atoms with Gasteiger partial charge >= 0.3 is 0 Å². The fourth-order valence-corrected chi connectivity index (χ4v) is 2.33. The molecule has 22 heavy (non-hydrogen) atoms. The van der Waals surface area contributed by atoms with Gasteiger partial charge < -0.3 is 15.0 Å². The Morgan fingerprint density at radius 2 is 1.91 bits per heavy atom. The number of rotatable bonds is 8. The van der Waals surface area contributed by atoms with Crippen LogP contribution in [0.2, 0.25) is 5.02 Å². The number of halogens is 1. The molecule has 2 atom stereocenters. The Hall–Kier alpha value is -1.10. The maximum atomic E-state index is 12.1. The minimum absolute atomic E-state index is 0.0231. The average molecular weight is 327 g/mol. The summed E-state index contributed by atoms with van der Waals surface area (Å²) >= 11 is 6.26. The van der Waals surface area contributed by atoms with Crippen LogP contribution in [-0.4, -0.2) is 44.2 Å². The lowest BCUT2D eigenvalue weighted by atomic mass is 10.1. The van der Waals surface area contributed by atoms with Crippen LogP contribution in [0.4, 0.5) is 0 Å². The maximum Gasteiger partial charge on any atom is 0.248 e. The van der Waals surface area contributed by atoms with E-state index < -0.39 is 6.10 Å². The van der Waals surface area contributed by atoms with Gasteiger partial charge in [-0.3, -0.25) is 4.79 Å². The molecule has 0 radical (unpaired) electrons. The van der Waals surface area contributed by atoms with Gasteiger partial charge in [-0.1, -0.05) is 43.6 Å². The summed E-state index contributed by atoms with van der Waals surface area (Å²) in [7, 11) is 3.94. The summed E-state index contributed by atoms with van der Waals surface area (Å²) in [6, 6.07) is 7.73. The van der Waals surface area contributed by atoms with Gasteiger partial charge in [-0.25, -0.2) is 0 Å². The molecule has 1 amide bonds. The Balaban J connectivity index is 2.62. The smallest absolute Gasteiger partial charge is 0.248 e. The first-order valence-electron chi connectivity index (χ1n) is 7.63. The monoisotopic (exact) mass is 326 g/mol. The molecule has 5 heteroatoms. The first kappa shape index (κ1) is 18.9. The van der Waals surface area contributed by atoms with E-state index in [1.165, 1.54) is 0 Å². The molecule has 0 aliphatic rings. The lowest BCUT2D eigenvalue weighted by Gasteiger charge is -2.26. The second kappa shape index (κ2) is 9.13. The van der Waals surface area contributed by atoms with E-state index in [0.717, 1.165) is 5.56 Å². The predicted octanol–water partition coefficient (Wildman–Crippen LogP) is 3.12. The molecule has 124 valence electrons. The summed E-state index contributed by atoms with van der Waals surface area (Å²) in [4.78, 5) is 14.2. The highest BCUT2D eigenvalue weighted by Gasteiger charge is 2.20. The third-order valence-electron chi connectivity index (χ3n) is 3.41. The van der Waals surface area contributed by atoms with Gasteiger partial charge in [-0.2, -0.15) is 0 Å². The predicted molar refractivity (Wildman–Crippen MR) is 91.1 cm³/mol. The number of carbonyl (C=O) groups excluding carboxylic acids is 1. The van der Waals surface area contributed by atoms with Crippen LogP contribution >= 0.6 is 11.6 Å². The number of nitrogens with one attached hydrogen (secondary N) is 1. The molecule has 0 unspecified atom stereocenters. The van der Waals surface area contributed by atoms with Crippen LogP contribution in [0.5, 0.6) is 0 Å². The Kier molecular flexibility index (Phi) is 7.87. The molecule has 0 aromatic heterocycles. The number of likely N-dealkylation sites (N-methyl/N-ethyl adjacent to an activating group) is 1. The van der Waals surface area contributed by atoms with Gasteiger partial charge in [-0.15, -0.1) is 0 Å². The van der Waals surface area contributed by atoms with Crippen LogP contribution in [0.1, 0.15) is 32.4 Å². The highest BCUT2D eigenvalue weighted by molar-refractivity contribution is 6.31. The second-order valence-corrected chi connectivity index (χ2v) is 6.52. The van der Waals surface area contributed by atoms with E-state index in [2.05, 4.69) is 19.2 Å². The van der Waals surface area contributed by atoms with Gasteiger partial charge in [-0.05, 0) is 38.6 Å². The van der Waals surface area contributed by atoms with Crippen LogP contribution in [0.15, 0.2) is 24.3 Å². The zero-order valence-corrected chi connectivity index (χ0v) is 14.9. The zero-order valence-electron chi connectivity index (χ0n) is 14.1. The van der Waals surface area contributed by atoms with Crippen molar-refractivity contribution in [2.24, 2.45) is 5.92 Å². The van der Waals surface area contributed by atoms with Gasteiger partial charge in [0.2, 0.25) is 5.91 Å². The highest BCUT2D eigenvalue weighted by atomic mass is 35.5. The summed E-state index contributed by atoms with van der Waals surface area (Å²) in [5.74, 6) is 0.312. The van der Waals surface area contributed by atoms with Crippen molar-refractivity contribution in [2.45, 2.75) is 32.9 Å². The van der Waals surface area contributed by atoms with Crippen LogP contribution in [0, 0.1) is 5.92 Å². The van der Waals surface area contributed by atoms with Gasteiger partial charge in [0.05, 0.1) is 6.04 Å². The number of ether oxygens (including phenoxy) is 1. The Bertz CT molecular complexity index is 477. The van der Waals surface area contributed by atoms with Gasteiger partial charge in [0.15, 0.2) is 0 Å². The fraction of sp³-hybridized carbons (Fsp3) is 0.588. The lowest BCUT2D eigenvalue weighted by molar-refractivity contribution is -0.132. The molecular weight excluding hydrogens is 300 g/mol. The first-order valence-corrected chi connectivity index (χ1v) is 8.00. The molecular formula is C17H27ClN2O2. The molecule has 4 nitrogen and oxygen atoms in total. The van der Waals surface area contributed by atoms with Crippen molar-refractivity contribution < 1.29 is 9.53 Å². The number of nitrogens with zero attached hydrogens (tertiary/aromatic N) is 1. The summed E-state index contributed by atoms with van der Waals surface area (Å²) in [5, 5.41) is 3.66. The molecule has 0 aliphatic heterocycles. The average Bonchev–Trinajstić information content (AvgIpc) is 2.46. The number of hydrogen-bond acceptors (Lipinski definition) is 3. The topological polar surface area (TPSA) is 41.6 Å². The van der Waals surface area contributed by atoms with Crippen molar-refractivity contribution in [3.63, 3.8) is 0 Å². The second-order valence-electron chi connectivity index (χ2n) is 6.12. The van der Waals surface area contributed by atoms with E-state index >= 15 is 0 Å². The minimum Gasteiger partial charge on any atom is -0.368 e. The Morgan fingerprint density at radius 3 is 2.45 bits per heavy atom. The summed E-state index contributed by atoms with van der Waals surface area (Å²) < 4.78 is 5.54.